The molecule has 2 amide bonds. The third-order valence-electron chi connectivity index (χ3n) is 4.58. The van der Waals surface area contributed by atoms with Crippen LogP contribution in [0.4, 0.5) is 0 Å². The number of unbranched alkanes of at least 4 members (excludes halogenated alkanes) is 1. The summed E-state index contributed by atoms with van der Waals surface area (Å²) in [6, 6.07) is 18.6. The van der Waals surface area contributed by atoms with Crippen molar-refractivity contribution < 1.29 is 19.1 Å². The maximum Gasteiger partial charge on any atom is 0.276 e. The fraction of sp³-hybridized carbons (Fsp3) is 0.208. The van der Waals surface area contributed by atoms with Crippen LogP contribution in [0.15, 0.2) is 65.1 Å². The van der Waals surface area contributed by atoms with E-state index < -0.39 is 11.8 Å². The van der Waals surface area contributed by atoms with Gasteiger partial charge in [-0.15, -0.1) is 0 Å². The summed E-state index contributed by atoms with van der Waals surface area (Å²) in [7, 11) is 0. The lowest BCUT2D eigenvalue weighted by Crippen LogP contribution is -2.49. The molecule has 0 saturated heterocycles. The van der Waals surface area contributed by atoms with Crippen LogP contribution in [0.1, 0.15) is 30.1 Å². The van der Waals surface area contributed by atoms with Crippen molar-refractivity contribution in [3.05, 3.63) is 70.7 Å². The van der Waals surface area contributed by atoms with E-state index in [-0.39, 0.29) is 11.7 Å². The molecule has 0 radical (unpaired) electrons. The zero-order valence-corrected chi connectivity index (χ0v) is 20.4. The largest absolute Gasteiger partial charge is 0.493 e. The molecule has 0 unspecified atom stereocenters. The molecule has 33 heavy (non-hydrogen) atoms. The summed E-state index contributed by atoms with van der Waals surface area (Å²) in [6.45, 7) is 2.35. The van der Waals surface area contributed by atoms with E-state index in [2.05, 4.69) is 39.0 Å². The van der Waals surface area contributed by atoms with Gasteiger partial charge >= 0.3 is 0 Å². The van der Waals surface area contributed by atoms with Gasteiger partial charge in [0, 0.05) is 4.47 Å². The Morgan fingerprint density at radius 1 is 0.970 bits per heavy atom. The molecule has 0 spiro atoms. The lowest BCUT2D eigenvalue weighted by molar-refractivity contribution is -0.123. The van der Waals surface area contributed by atoms with Crippen molar-refractivity contribution in [2.24, 2.45) is 0 Å². The van der Waals surface area contributed by atoms with Crippen LogP contribution in [-0.2, 0) is 4.79 Å². The lowest BCUT2D eigenvalue weighted by Gasteiger charge is -2.14. The van der Waals surface area contributed by atoms with Gasteiger partial charge in [0.15, 0.2) is 11.7 Å². The van der Waals surface area contributed by atoms with Gasteiger partial charge in [-0.2, -0.15) is 0 Å². The lowest BCUT2D eigenvalue weighted by atomic mass is 10.1. The van der Waals surface area contributed by atoms with Gasteiger partial charge in [-0.05, 0) is 59.7 Å². The van der Waals surface area contributed by atoms with Gasteiger partial charge in [0.1, 0.15) is 11.5 Å². The Morgan fingerprint density at radius 3 is 2.55 bits per heavy atom. The van der Waals surface area contributed by atoms with Crippen LogP contribution in [0.5, 0.6) is 11.5 Å². The quantitative estimate of drug-likeness (QED) is 0.226. The fourth-order valence-corrected chi connectivity index (χ4v) is 3.41. The number of carbonyl (C=O) groups is 2. The van der Waals surface area contributed by atoms with Gasteiger partial charge in [-0.1, -0.05) is 59.6 Å². The minimum absolute atomic E-state index is 0.0569. The Hall–Kier alpha value is -3.17. The molecule has 0 atom stereocenters. The molecule has 3 aromatic carbocycles. The number of fused-ring (bicyclic) bond motifs is 1. The summed E-state index contributed by atoms with van der Waals surface area (Å²) in [5.41, 5.74) is 5.24. The Bertz CT molecular complexity index is 1160. The zero-order valence-electron chi connectivity index (χ0n) is 18.0. The first kappa shape index (κ1) is 24.5. The van der Waals surface area contributed by atoms with Crippen molar-refractivity contribution in [2.75, 3.05) is 13.2 Å². The predicted octanol–water partition coefficient (Wildman–Crippen LogP) is 4.50. The van der Waals surface area contributed by atoms with Crippen LogP contribution in [0, 0.1) is 0 Å². The number of carbonyl (C=O) groups excluding carboxylic acids is 2. The molecular weight excluding hydrogens is 506 g/mol. The second-order valence-electron chi connectivity index (χ2n) is 7.10. The highest BCUT2D eigenvalue weighted by atomic mass is 79.9. The number of hydrazine groups is 1. The average molecular weight is 530 g/mol. The van der Waals surface area contributed by atoms with Crippen molar-refractivity contribution >= 4 is 55.8 Å². The van der Waals surface area contributed by atoms with Crippen molar-refractivity contribution in [1.82, 2.24) is 16.2 Å². The molecule has 0 aliphatic heterocycles. The van der Waals surface area contributed by atoms with Gasteiger partial charge < -0.3 is 9.47 Å². The van der Waals surface area contributed by atoms with Crippen molar-refractivity contribution in [1.29, 1.82) is 0 Å². The minimum atomic E-state index is -0.457. The molecule has 0 aliphatic carbocycles. The van der Waals surface area contributed by atoms with Gasteiger partial charge in [-0.25, -0.2) is 0 Å². The van der Waals surface area contributed by atoms with Crippen LogP contribution in [0.25, 0.3) is 10.8 Å². The molecule has 0 aliphatic rings. The highest BCUT2D eigenvalue weighted by Crippen LogP contribution is 2.24. The monoisotopic (exact) mass is 529 g/mol. The summed E-state index contributed by atoms with van der Waals surface area (Å²) in [5.74, 6) is 0.123. The highest BCUT2D eigenvalue weighted by Gasteiger charge is 2.15. The van der Waals surface area contributed by atoms with E-state index in [1.165, 1.54) is 0 Å². The molecule has 172 valence electrons. The summed E-state index contributed by atoms with van der Waals surface area (Å²) in [6.07, 6.45) is 1.86. The molecule has 0 heterocycles. The van der Waals surface area contributed by atoms with E-state index in [1.807, 2.05) is 36.4 Å². The second kappa shape index (κ2) is 12.2. The number of ether oxygens (including phenoxy) is 2. The Kier molecular flexibility index (Phi) is 9.03. The Morgan fingerprint density at radius 2 is 1.76 bits per heavy atom. The number of amides is 2. The summed E-state index contributed by atoms with van der Waals surface area (Å²) in [5, 5.41) is 4.57. The van der Waals surface area contributed by atoms with Gasteiger partial charge in [0.25, 0.3) is 11.8 Å². The Labute approximate surface area is 205 Å². The third-order valence-corrected chi connectivity index (χ3v) is 5.27. The molecule has 3 N–H and O–H groups in total. The molecule has 9 heteroatoms. The van der Waals surface area contributed by atoms with E-state index in [0.29, 0.717) is 23.7 Å². The molecule has 0 aromatic heterocycles. The van der Waals surface area contributed by atoms with Crippen LogP contribution in [0.3, 0.4) is 0 Å². The van der Waals surface area contributed by atoms with E-state index in [4.69, 9.17) is 21.7 Å². The number of rotatable bonds is 8. The predicted molar refractivity (Wildman–Crippen MR) is 135 cm³/mol. The summed E-state index contributed by atoms with van der Waals surface area (Å²) >= 11 is 8.47. The van der Waals surface area contributed by atoms with Crippen LogP contribution in [-0.4, -0.2) is 30.1 Å². The van der Waals surface area contributed by atoms with Gasteiger partial charge in [-0.3, -0.25) is 25.8 Å². The molecule has 0 saturated carbocycles. The summed E-state index contributed by atoms with van der Waals surface area (Å²) < 4.78 is 12.0. The molecule has 0 fully saturated rings. The Balaban J connectivity index is 1.47. The van der Waals surface area contributed by atoms with Gasteiger partial charge in [0.05, 0.1) is 12.2 Å². The number of hydrogen-bond donors (Lipinski definition) is 3. The number of halogens is 1. The highest BCUT2D eigenvalue weighted by molar-refractivity contribution is 9.10. The maximum absolute atomic E-state index is 12.6. The van der Waals surface area contributed by atoms with Crippen LogP contribution < -0.4 is 25.6 Å². The molecule has 7 nitrogen and oxygen atoms in total. The molecule has 0 bridgehead atoms. The first-order valence-corrected chi connectivity index (χ1v) is 11.6. The van der Waals surface area contributed by atoms with Crippen molar-refractivity contribution in [3.63, 3.8) is 0 Å². The van der Waals surface area contributed by atoms with E-state index >= 15 is 0 Å². The molecular formula is C24H24BrN3O4S. The van der Waals surface area contributed by atoms with Crippen molar-refractivity contribution in [2.45, 2.75) is 19.8 Å². The third kappa shape index (κ3) is 7.44. The number of nitrogens with one attached hydrogen (secondary N) is 3. The number of hydrogen-bond acceptors (Lipinski definition) is 5. The van der Waals surface area contributed by atoms with Crippen LogP contribution in [0.2, 0.25) is 0 Å². The summed E-state index contributed by atoms with van der Waals surface area (Å²) in [4.78, 5) is 24.7. The van der Waals surface area contributed by atoms with Crippen molar-refractivity contribution in [3.8, 4) is 11.5 Å². The zero-order chi connectivity index (χ0) is 23.6. The topological polar surface area (TPSA) is 88.7 Å². The first-order chi connectivity index (χ1) is 16.0. The van der Waals surface area contributed by atoms with E-state index in [1.54, 1.807) is 24.3 Å². The molecule has 3 aromatic rings. The normalized spacial score (nSPS) is 10.4. The minimum Gasteiger partial charge on any atom is -0.493 e. The first-order valence-electron chi connectivity index (χ1n) is 10.4. The van der Waals surface area contributed by atoms with E-state index in [9.17, 15) is 9.59 Å². The smallest absolute Gasteiger partial charge is 0.276 e. The maximum atomic E-state index is 12.6. The molecule has 3 rings (SSSR count). The SMILES string of the molecule is CCCCOc1ccc(Br)cc1C(=O)NC(=S)NNC(=O)COc1ccc2ccccc2c1. The van der Waals surface area contributed by atoms with E-state index in [0.717, 1.165) is 28.1 Å². The number of thiocarbonyl (C=S) groups is 1. The second-order valence-corrected chi connectivity index (χ2v) is 8.42. The average Bonchev–Trinajstić information content (AvgIpc) is 2.82. The van der Waals surface area contributed by atoms with Gasteiger partial charge in [0.2, 0.25) is 0 Å². The fourth-order valence-electron chi connectivity index (χ4n) is 2.90. The van der Waals surface area contributed by atoms with Crippen LogP contribution >= 0.6 is 28.1 Å². The standard InChI is InChI=1S/C24H24BrN3O4S/c1-2-3-12-31-21-11-9-18(25)14-20(21)23(30)26-24(33)28-27-22(29)15-32-19-10-8-16-6-4-5-7-17(16)13-19/h4-11,13-14H,2-3,12,15H2,1H3,(H,27,29)(H2,26,28,30,33). The number of benzene rings is 3.